The van der Waals surface area contributed by atoms with Crippen LogP contribution in [0.1, 0.15) is 11.1 Å². The number of thioether (sulfide) groups is 1. The SMILES string of the molecule is Cc1ccc(-c2nc(SCC(=O)N(C)Cc3ccccc3Br)n[nH]2)cc1. The number of aromatic nitrogens is 3. The second-order valence-corrected chi connectivity index (χ2v) is 7.76. The first kappa shape index (κ1) is 18.7. The molecule has 1 aromatic heterocycles. The van der Waals surface area contributed by atoms with Crippen molar-refractivity contribution in [1.82, 2.24) is 20.1 Å². The van der Waals surface area contributed by atoms with Crippen LogP contribution >= 0.6 is 27.7 Å². The molecular weight excluding hydrogens is 412 g/mol. The number of carbonyl (C=O) groups excluding carboxylic acids is 1. The molecule has 0 saturated heterocycles. The molecule has 0 spiro atoms. The number of hydrogen-bond donors (Lipinski definition) is 1. The molecule has 0 atom stereocenters. The molecule has 0 radical (unpaired) electrons. The average molecular weight is 431 g/mol. The number of H-pyrrole nitrogens is 1. The quantitative estimate of drug-likeness (QED) is 0.592. The summed E-state index contributed by atoms with van der Waals surface area (Å²) < 4.78 is 1.00. The van der Waals surface area contributed by atoms with E-state index in [2.05, 4.69) is 31.1 Å². The summed E-state index contributed by atoms with van der Waals surface area (Å²) in [5.74, 6) is 1.04. The third kappa shape index (κ3) is 4.74. The van der Waals surface area contributed by atoms with Gasteiger partial charge in [0.25, 0.3) is 0 Å². The van der Waals surface area contributed by atoms with E-state index in [0.29, 0.717) is 23.3 Å². The van der Waals surface area contributed by atoms with Crippen molar-refractivity contribution in [1.29, 1.82) is 0 Å². The van der Waals surface area contributed by atoms with Gasteiger partial charge in [0.05, 0.1) is 5.75 Å². The van der Waals surface area contributed by atoms with Crippen LogP contribution in [-0.4, -0.2) is 38.8 Å². The summed E-state index contributed by atoms with van der Waals surface area (Å²) in [5, 5.41) is 7.69. The monoisotopic (exact) mass is 430 g/mol. The van der Waals surface area contributed by atoms with Gasteiger partial charge in [-0.1, -0.05) is 75.7 Å². The Labute approximate surface area is 165 Å². The molecular formula is C19H19BrN4OS. The van der Waals surface area contributed by atoms with Gasteiger partial charge in [-0.3, -0.25) is 9.89 Å². The summed E-state index contributed by atoms with van der Waals surface area (Å²) in [5.41, 5.74) is 3.25. The number of benzene rings is 2. The number of carbonyl (C=O) groups is 1. The standard InChI is InChI=1S/C19H19BrN4OS/c1-13-7-9-14(10-8-13)18-21-19(23-22-18)26-12-17(25)24(2)11-15-5-3-4-6-16(15)20/h3-10H,11-12H2,1-2H3,(H,21,22,23). The molecule has 0 aliphatic carbocycles. The van der Waals surface area contributed by atoms with Crippen LogP contribution < -0.4 is 0 Å². The van der Waals surface area contributed by atoms with Gasteiger partial charge in [-0.15, -0.1) is 5.10 Å². The third-order valence-electron chi connectivity index (χ3n) is 3.91. The number of aromatic amines is 1. The Balaban J connectivity index is 1.56. The molecule has 1 amide bonds. The van der Waals surface area contributed by atoms with Crippen molar-refractivity contribution in [2.24, 2.45) is 0 Å². The highest BCUT2D eigenvalue weighted by atomic mass is 79.9. The highest BCUT2D eigenvalue weighted by Gasteiger charge is 2.13. The smallest absolute Gasteiger partial charge is 0.233 e. The second-order valence-electron chi connectivity index (χ2n) is 5.96. The zero-order valence-electron chi connectivity index (χ0n) is 14.6. The number of rotatable bonds is 6. The van der Waals surface area contributed by atoms with E-state index < -0.39 is 0 Å². The van der Waals surface area contributed by atoms with Crippen LogP contribution in [0.2, 0.25) is 0 Å². The van der Waals surface area contributed by atoms with Gasteiger partial charge < -0.3 is 4.90 Å². The predicted octanol–water partition coefficient (Wildman–Crippen LogP) is 4.29. The fraction of sp³-hybridized carbons (Fsp3) is 0.211. The number of halogens is 1. The molecule has 3 aromatic rings. The van der Waals surface area contributed by atoms with E-state index in [1.54, 1.807) is 11.9 Å². The molecule has 26 heavy (non-hydrogen) atoms. The van der Waals surface area contributed by atoms with Crippen LogP contribution in [0.5, 0.6) is 0 Å². The van der Waals surface area contributed by atoms with Crippen molar-refractivity contribution >= 4 is 33.6 Å². The predicted molar refractivity (Wildman–Crippen MR) is 108 cm³/mol. The first-order valence-electron chi connectivity index (χ1n) is 8.12. The summed E-state index contributed by atoms with van der Waals surface area (Å²) in [4.78, 5) is 18.5. The van der Waals surface area contributed by atoms with Crippen LogP contribution in [0.25, 0.3) is 11.4 Å². The topological polar surface area (TPSA) is 61.9 Å². The lowest BCUT2D eigenvalue weighted by Crippen LogP contribution is -2.27. The van der Waals surface area contributed by atoms with Crippen molar-refractivity contribution in [2.45, 2.75) is 18.6 Å². The Morgan fingerprint density at radius 2 is 1.92 bits per heavy atom. The molecule has 0 aliphatic heterocycles. The molecule has 3 rings (SSSR count). The number of hydrogen-bond acceptors (Lipinski definition) is 4. The maximum atomic E-state index is 12.4. The summed E-state index contributed by atoms with van der Waals surface area (Å²) in [7, 11) is 1.80. The number of amides is 1. The Hall–Kier alpha value is -2.12. The number of aryl methyl sites for hydroxylation is 1. The average Bonchev–Trinajstić information content (AvgIpc) is 3.11. The minimum atomic E-state index is 0.0347. The minimum absolute atomic E-state index is 0.0347. The highest BCUT2D eigenvalue weighted by Crippen LogP contribution is 2.21. The van der Waals surface area contributed by atoms with Crippen LogP contribution in [0.4, 0.5) is 0 Å². The van der Waals surface area contributed by atoms with E-state index in [4.69, 9.17) is 0 Å². The Morgan fingerprint density at radius 3 is 2.65 bits per heavy atom. The lowest BCUT2D eigenvalue weighted by molar-refractivity contribution is -0.127. The largest absolute Gasteiger partial charge is 0.341 e. The fourth-order valence-corrected chi connectivity index (χ4v) is 3.51. The molecule has 5 nitrogen and oxygen atoms in total. The lowest BCUT2D eigenvalue weighted by Gasteiger charge is -2.17. The molecule has 1 N–H and O–H groups in total. The van der Waals surface area contributed by atoms with E-state index in [0.717, 1.165) is 15.6 Å². The van der Waals surface area contributed by atoms with E-state index in [1.807, 2.05) is 55.5 Å². The molecule has 2 aromatic carbocycles. The molecule has 0 aliphatic rings. The molecule has 0 unspecified atom stereocenters. The van der Waals surface area contributed by atoms with Gasteiger partial charge in [-0.2, -0.15) is 0 Å². The van der Waals surface area contributed by atoms with Gasteiger partial charge in [0, 0.05) is 23.6 Å². The van der Waals surface area contributed by atoms with Crippen LogP contribution in [0, 0.1) is 6.92 Å². The van der Waals surface area contributed by atoms with Gasteiger partial charge in [-0.05, 0) is 18.6 Å². The third-order valence-corrected chi connectivity index (χ3v) is 5.51. The molecule has 7 heteroatoms. The zero-order chi connectivity index (χ0) is 18.5. The Morgan fingerprint density at radius 1 is 1.19 bits per heavy atom. The summed E-state index contributed by atoms with van der Waals surface area (Å²) in [6.07, 6.45) is 0. The van der Waals surface area contributed by atoms with Crippen molar-refractivity contribution in [2.75, 3.05) is 12.8 Å². The first-order chi connectivity index (χ1) is 12.5. The van der Waals surface area contributed by atoms with E-state index in [9.17, 15) is 4.79 Å². The van der Waals surface area contributed by atoms with Crippen LogP contribution in [0.3, 0.4) is 0 Å². The Bertz CT molecular complexity index is 895. The first-order valence-corrected chi connectivity index (χ1v) is 9.90. The minimum Gasteiger partial charge on any atom is -0.341 e. The van der Waals surface area contributed by atoms with Gasteiger partial charge in [0.1, 0.15) is 0 Å². The van der Waals surface area contributed by atoms with Crippen molar-refractivity contribution < 1.29 is 4.79 Å². The molecule has 134 valence electrons. The number of nitrogens with one attached hydrogen (secondary N) is 1. The van der Waals surface area contributed by atoms with Gasteiger partial charge in [0.15, 0.2) is 5.82 Å². The second kappa shape index (κ2) is 8.51. The normalized spacial score (nSPS) is 10.7. The van der Waals surface area contributed by atoms with Crippen molar-refractivity contribution in [3.05, 3.63) is 64.1 Å². The van der Waals surface area contributed by atoms with Gasteiger partial charge >= 0.3 is 0 Å². The van der Waals surface area contributed by atoms with Crippen LogP contribution in [-0.2, 0) is 11.3 Å². The molecule has 0 bridgehead atoms. The molecule has 0 fully saturated rings. The zero-order valence-corrected chi connectivity index (χ0v) is 17.0. The molecule has 1 heterocycles. The summed E-state index contributed by atoms with van der Waals surface area (Å²) >= 11 is 4.85. The fourth-order valence-electron chi connectivity index (χ4n) is 2.36. The Kier molecular flexibility index (Phi) is 6.11. The lowest BCUT2D eigenvalue weighted by atomic mass is 10.1. The maximum Gasteiger partial charge on any atom is 0.233 e. The van der Waals surface area contributed by atoms with E-state index in [-0.39, 0.29) is 5.91 Å². The van der Waals surface area contributed by atoms with E-state index in [1.165, 1.54) is 17.3 Å². The summed E-state index contributed by atoms with van der Waals surface area (Å²) in [6, 6.07) is 16.0. The van der Waals surface area contributed by atoms with Gasteiger partial charge in [-0.25, -0.2) is 4.98 Å². The van der Waals surface area contributed by atoms with E-state index >= 15 is 0 Å². The van der Waals surface area contributed by atoms with Crippen molar-refractivity contribution in [3.8, 4) is 11.4 Å². The van der Waals surface area contributed by atoms with Gasteiger partial charge in [0.2, 0.25) is 11.1 Å². The van der Waals surface area contributed by atoms with Crippen LogP contribution in [0.15, 0.2) is 58.2 Å². The maximum absolute atomic E-state index is 12.4. The number of nitrogens with zero attached hydrogens (tertiary/aromatic N) is 3. The highest BCUT2D eigenvalue weighted by molar-refractivity contribution is 9.10. The molecule has 0 saturated carbocycles. The summed E-state index contributed by atoms with van der Waals surface area (Å²) in [6.45, 7) is 2.60. The van der Waals surface area contributed by atoms with Crippen molar-refractivity contribution in [3.63, 3.8) is 0 Å².